The van der Waals surface area contributed by atoms with Crippen LogP contribution in [0.25, 0.3) is 0 Å². The van der Waals surface area contributed by atoms with Crippen LogP contribution >= 0.6 is 0 Å². The van der Waals surface area contributed by atoms with Gasteiger partial charge in [-0.1, -0.05) is 0 Å². The lowest BCUT2D eigenvalue weighted by atomic mass is 10.3. The van der Waals surface area contributed by atoms with Crippen molar-refractivity contribution in [1.29, 1.82) is 0 Å². The van der Waals surface area contributed by atoms with E-state index in [1.54, 1.807) is 6.20 Å². The summed E-state index contributed by atoms with van der Waals surface area (Å²) >= 11 is 0. The van der Waals surface area contributed by atoms with Crippen LogP contribution in [0.4, 0.5) is 0 Å². The Balaban J connectivity index is 1.76. The minimum atomic E-state index is 0.439. The van der Waals surface area contributed by atoms with Crippen LogP contribution in [-0.2, 0) is 13.1 Å². The average molecular weight is 204 g/mol. The maximum atomic E-state index is 4.02. The van der Waals surface area contributed by atoms with Crippen LogP contribution in [0.5, 0.6) is 0 Å². The lowest BCUT2D eigenvalue weighted by molar-refractivity contribution is 0.476. The number of hydrogen-bond donors (Lipinski definition) is 2. The molecule has 0 amide bonds. The molecule has 0 aliphatic heterocycles. The van der Waals surface area contributed by atoms with Crippen LogP contribution in [0.2, 0.25) is 0 Å². The Bertz CT molecular complexity index is 363. The molecule has 2 rings (SSSR count). The van der Waals surface area contributed by atoms with E-state index in [2.05, 4.69) is 32.8 Å². The molecule has 0 fully saturated rings. The molecule has 0 aliphatic rings. The second-order valence-corrected chi connectivity index (χ2v) is 3.76. The van der Waals surface area contributed by atoms with Gasteiger partial charge in [0.05, 0.1) is 6.33 Å². The van der Waals surface area contributed by atoms with Crippen LogP contribution in [0.3, 0.4) is 0 Å². The normalized spacial score (nSPS) is 12.9. The van der Waals surface area contributed by atoms with E-state index in [1.807, 2.05) is 24.9 Å². The summed E-state index contributed by atoms with van der Waals surface area (Å²) in [5, 5.41) is 3.45. The lowest BCUT2D eigenvalue weighted by Gasteiger charge is -2.13. The maximum absolute atomic E-state index is 4.02. The summed E-state index contributed by atoms with van der Waals surface area (Å²) in [5.41, 5.74) is 1.28. The van der Waals surface area contributed by atoms with Gasteiger partial charge in [0.25, 0.3) is 0 Å². The molecule has 0 bridgehead atoms. The van der Waals surface area contributed by atoms with Crippen molar-refractivity contribution in [1.82, 2.24) is 19.9 Å². The van der Waals surface area contributed by atoms with Crippen LogP contribution in [0.1, 0.15) is 12.5 Å². The lowest BCUT2D eigenvalue weighted by Crippen LogP contribution is -2.29. The van der Waals surface area contributed by atoms with Crippen molar-refractivity contribution < 1.29 is 0 Å². The van der Waals surface area contributed by atoms with Gasteiger partial charge in [-0.25, -0.2) is 4.98 Å². The van der Waals surface area contributed by atoms with E-state index < -0.39 is 0 Å². The van der Waals surface area contributed by atoms with Gasteiger partial charge in [-0.3, -0.25) is 0 Å². The van der Waals surface area contributed by atoms with E-state index in [1.165, 1.54) is 5.56 Å². The highest BCUT2D eigenvalue weighted by molar-refractivity contribution is 5.07. The molecular formula is C11H16N4. The topological polar surface area (TPSA) is 45.6 Å². The van der Waals surface area contributed by atoms with Crippen molar-refractivity contribution >= 4 is 0 Å². The Morgan fingerprint density at radius 2 is 2.53 bits per heavy atom. The van der Waals surface area contributed by atoms with Gasteiger partial charge in [-0.2, -0.15) is 0 Å². The number of nitrogens with zero attached hydrogens (tertiary/aromatic N) is 2. The fraction of sp³-hybridized carbons (Fsp3) is 0.364. The Labute approximate surface area is 89.3 Å². The van der Waals surface area contributed by atoms with Gasteiger partial charge in [-0.05, 0) is 18.6 Å². The predicted molar refractivity (Wildman–Crippen MR) is 59.3 cm³/mol. The zero-order valence-electron chi connectivity index (χ0n) is 8.85. The third-order valence-corrected chi connectivity index (χ3v) is 2.36. The van der Waals surface area contributed by atoms with E-state index in [0.717, 1.165) is 13.1 Å². The largest absolute Gasteiger partial charge is 0.367 e. The molecule has 4 nitrogen and oxygen atoms in total. The van der Waals surface area contributed by atoms with E-state index in [4.69, 9.17) is 0 Å². The molecule has 0 aliphatic carbocycles. The highest BCUT2D eigenvalue weighted by Crippen LogP contribution is 1.97. The van der Waals surface area contributed by atoms with Gasteiger partial charge < -0.3 is 14.9 Å². The van der Waals surface area contributed by atoms with Gasteiger partial charge in [0.1, 0.15) is 0 Å². The molecule has 15 heavy (non-hydrogen) atoms. The third kappa shape index (κ3) is 2.95. The Hall–Kier alpha value is -1.55. The number of hydrogen-bond acceptors (Lipinski definition) is 2. The van der Waals surface area contributed by atoms with Gasteiger partial charge in [0.2, 0.25) is 0 Å². The fourth-order valence-electron chi connectivity index (χ4n) is 1.54. The number of aromatic nitrogens is 3. The summed E-state index contributed by atoms with van der Waals surface area (Å²) in [4.78, 5) is 7.06. The quantitative estimate of drug-likeness (QED) is 0.773. The molecule has 2 aromatic heterocycles. The van der Waals surface area contributed by atoms with Crippen molar-refractivity contribution in [2.75, 3.05) is 0 Å². The first kappa shape index (κ1) is 9.98. The minimum absolute atomic E-state index is 0.439. The van der Waals surface area contributed by atoms with Gasteiger partial charge >= 0.3 is 0 Å². The Morgan fingerprint density at radius 3 is 3.20 bits per heavy atom. The molecule has 2 N–H and O–H groups in total. The molecule has 1 atom stereocenters. The molecule has 80 valence electrons. The van der Waals surface area contributed by atoms with E-state index in [0.29, 0.717) is 6.04 Å². The standard InChI is InChI=1S/C11H16N4/c1-10(8-15-5-4-13-9-15)14-7-11-2-3-12-6-11/h2-6,9-10,12,14H,7-8H2,1H3/t10-/m0/s1. The smallest absolute Gasteiger partial charge is 0.0946 e. The van der Waals surface area contributed by atoms with E-state index in [9.17, 15) is 0 Å². The van der Waals surface area contributed by atoms with Crippen LogP contribution in [0, 0.1) is 0 Å². The average Bonchev–Trinajstić information content (AvgIpc) is 2.86. The molecular weight excluding hydrogens is 188 g/mol. The number of rotatable bonds is 5. The number of aromatic amines is 1. The molecule has 2 heterocycles. The molecule has 0 unspecified atom stereocenters. The molecule has 0 saturated carbocycles. The molecule has 0 radical (unpaired) electrons. The van der Waals surface area contributed by atoms with Crippen molar-refractivity contribution in [2.24, 2.45) is 0 Å². The summed E-state index contributed by atoms with van der Waals surface area (Å²) in [6.45, 7) is 4.02. The van der Waals surface area contributed by atoms with Gasteiger partial charge in [-0.15, -0.1) is 0 Å². The summed E-state index contributed by atoms with van der Waals surface area (Å²) < 4.78 is 2.08. The fourth-order valence-corrected chi connectivity index (χ4v) is 1.54. The molecule has 4 heteroatoms. The van der Waals surface area contributed by atoms with Crippen molar-refractivity contribution in [3.63, 3.8) is 0 Å². The first-order chi connectivity index (χ1) is 7.34. The second-order valence-electron chi connectivity index (χ2n) is 3.76. The van der Waals surface area contributed by atoms with E-state index in [-0.39, 0.29) is 0 Å². The highest BCUT2D eigenvalue weighted by Gasteiger charge is 2.02. The van der Waals surface area contributed by atoms with Crippen molar-refractivity contribution in [3.05, 3.63) is 42.7 Å². The Kier molecular flexibility index (Phi) is 3.19. The molecule has 0 saturated heterocycles. The number of H-pyrrole nitrogens is 1. The number of nitrogens with one attached hydrogen (secondary N) is 2. The molecule has 0 aromatic carbocycles. The summed E-state index contributed by atoms with van der Waals surface area (Å²) in [6.07, 6.45) is 9.58. The van der Waals surface area contributed by atoms with Crippen LogP contribution in [0.15, 0.2) is 37.2 Å². The van der Waals surface area contributed by atoms with E-state index >= 15 is 0 Å². The van der Waals surface area contributed by atoms with Gasteiger partial charge in [0.15, 0.2) is 0 Å². The zero-order valence-corrected chi connectivity index (χ0v) is 8.85. The Morgan fingerprint density at radius 1 is 1.60 bits per heavy atom. The summed E-state index contributed by atoms with van der Waals surface area (Å²) in [7, 11) is 0. The van der Waals surface area contributed by atoms with Crippen molar-refractivity contribution in [2.45, 2.75) is 26.1 Å². The summed E-state index contributed by atoms with van der Waals surface area (Å²) in [6, 6.07) is 2.52. The first-order valence-corrected chi connectivity index (χ1v) is 5.15. The van der Waals surface area contributed by atoms with Crippen LogP contribution in [-0.4, -0.2) is 20.6 Å². The third-order valence-electron chi connectivity index (χ3n) is 2.36. The highest BCUT2D eigenvalue weighted by atomic mass is 15.1. The SMILES string of the molecule is C[C@@H](Cn1ccnc1)NCc1cc[nH]c1. The van der Waals surface area contributed by atoms with Crippen LogP contribution < -0.4 is 5.32 Å². The number of imidazole rings is 1. The summed E-state index contributed by atoms with van der Waals surface area (Å²) in [5.74, 6) is 0. The first-order valence-electron chi connectivity index (χ1n) is 5.15. The minimum Gasteiger partial charge on any atom is -0.367 e. The van der Waals surface area contributed by atoms with Crippen molar-refractivity contribution in [3.8, 4) is 0 Å². The molecule has 2 aromatic rings. The predicted octanol–water partition coefficient (Wildman–Crippen LogP) is 1.39. The van der Waals surface area contributed by atoms with Gasteiger partial charge in [0, 0.05) is 43.9 Å². The monoisotopic (exact) mass is 204 g/mol. The molecule has 0 spiro atoms. The zero-order chi connectivity index (χ0) is 10.5. The second kappa shape index (κ2) is 4.79. The maximum Gasteiger partial charge on any atom is 0.0946 e.